The molecule has 0 radical (unpaired) electrons. The summed E-state index contributed by atoms with van der Waals surface area (Å²) in [5.74, 6) is -0.325. The third-order valence-corrected chi connectivity index (χ3v) is 4.76. The lowest BCUT2D eigenvalue weighted by atomic mass is 10.3. The number of sulfonamides is 1. The van der Waals surface area contributed by atoms with Gasteiger partial charge in [-0.1, -0.05) is 19.1 Å². The van der Waals surface area contributed by atoms with E-state index in [2.05, 4.69) is 22.3 Å². The summed E-state index contributed by atoms with van der Waals surface area (Å²) in [7, 11) is -3.66. The molecule has 1 aliphatic rings. The molecule has 0 saturated heterocycles. The third-order valence-electron chi connectivity index (χ3n) is 2.44. The topological polar surface area (TPSA) is 101 Å². The maximum absolute atomic E-state index is 11.8. The fraction of sp³-hybridized carbons (Fsp3) is 0.778. The molecule has 0 aromatic carbocycles. The molecule has 0 bridgehead atoms. The highest BCUT2D eigenvalue weighted by Crippen LogP contribution is 2.18. The zero-order valence-electron chi connectivity index (χ0n) is 9.60. The van der Waals surface area contributed by atoms with Crippen molar-refractivity contribution in [1.29, 1.82) is 0 Å². The van der Waals surface area contributed by atoms with E-state index in [1.165, 1.54) is 0 Å². The predicted molar refractivity (Wildman–Crippen MR) is 69.0 cm³/mol. The van der Waals surface area contributed by atoms with E-state index in [1.54, 1.807) is 6.92 Å². The highest BCUT2D eigenvalue weighted by molar-refractivity contribution is 7.93. The normalized spacial score (nSPS) is 17.5. The molecule has 1 unspecified atom stereocenters. The van der Waals surface area contributed by atoms with E-state index in [9.17, 15) is 13.2 Å². The van der Waals surface area contributed by atoms with Crippen LogP contribution in [0.25, 0.3) is 0 Å². The van der Waals surface area contributed by atoms with Crippen molar-refractivity contribution in [2.75, 3.05) is 6.54 Å². The molecule has 0 aliphatic heterocycles. The van der Waals surface area contributed by atoms with Gasteiger partial charge in [-0.25, -0.2) is 13.1 Å². The third kappa shape index (κ3) is 4.57. The Balaban J connectivity index is 2.47. The van der Waals surface area contributed by atoms with Gasteiger partial charge in [0.25, 0.3) is 0 Å². The first-order valence-electron chi connectivity index (χ1n) is 5.44. The first-order valence-corrected chi connectivity index (χ1v) is 7.39. The highest BCUT2D eigenvalue weighted by atomic mass is 32.2. The Morgan fingerprint density at radius 2 is 2.12 bits per heavy atom. The van der Waals surface area contributed by atoms with Gasteiger partial charge in [0.2, 0.25) is 15.9 Å². The van der Waals surface area contributed by atoms with Crippen LogP contribution in [0, 0.1) is 0 Å². The summed E-state index contributed by atoms with van der Waals surface area (Å²) >= 11 is 4.68. The van der Waals surface area contributed by atoms with Crippen molar-refractivity contribution >= 4 is 33.1 Å². The van der Waals surface area contributed by atoms with Crippen molar-refractivity contribution in [3.8, 4) is 0 Å². The molecule has 1 atom stereocenters. The molecule has 0 aromatic heterocycles. The number of nitrogens with one attached hydrogen (secondary N) is 2. The van der Waals surface area contributed by atoms with Crippen molar-refractivity contribution in [3.05, 3.63) is 0 Å². The molecule has 6 nitrogen and oxygen atoms in total. The molecule has 98 valence electrons. The van der Waals surface area contributed by atoms with Crippen LogP contribution in [0.5, 0.6) is 0 Å². The molecule has 0 aromatic rings. The van der Waals surface area contributed by atoms with E-state index in [0.717, 1.165) is 12.8 Å². The Morgan fingerprint density at radius 1 is 1.53 bits per heavy atom. The zero-order valence-corrected chi connectivity index (χ0v) is 11.2. The summed E-state index contributed by atoms with van der Waals surface area (Å²) in [5, 5.41) is 1.76. The SMILES string of the molecule is CCC(C(N)=S)S(=O)(=O)NCC(=O)NC1CC1. The summed E-state index contributed by atoms with van der Waals surface area (Å²) < 4.78 is 25.7. The largest absolute Gasteiger partial charge is 0.392 e. The van der Waals surface area contributed by atoms with Crippen molar-refractivity contribution in [2.24, 2.45) is 5.73 Å². The molecular weight excluding hydrogens is 262 g/mol. The maximum Gasteiger partial charge on any atom is 0.235 e. The molecule has 1 aliphatic carbocycles. The summed E-state index contributed by atoms with van der Waals surface area (Å²) in [4.78, 5) is 11.2. The van der Waals surface area contributed by atoms with Gasteiger partial charge in [-0.05, 0) is 19.3 Å². The van der Waals surface area contributed by atoms with Gasteiger partial charge in [-0.3, -0.25) is 4.79 Å². The van der Waals surface area contributed by atoms with Gasteiger partial charge in [0.15, 0.2) is 0 Å². The van der Waals surface area contributed by atoms with Crippen molar-refractivity contribution in [2.45, 2.75) is 37.5 Å². The monoisotopic (exact) mass is 279 g/mol. The average molecular weight is 279 g/mol. The van der Waals surface area contributed by atoms with Gasteiger partial charge in [-0.2, -0.15) is 0 Å². The van der Waals surface area contributed by atoms with Gasteiger partial charge in [0.05, 0.1) is 11.5 Å². The molecule has 0 spiro atoms. The Bertz CT molecular complexity index is 404. The lowest BCUT2D eigenvalue weighted by molar-refractivity contribution is -0.120. The Labute approximate surface area is 106 Å². The lowest BCUT2D eigenvalue weighted by Crippen LogP contribution is -2.45. The minimum absolute atomic E-state index is 0.0809. The molecule has 1 fully saturated rings. The van der Waals surface area contributed by atoms with Crippen molar-refractivity contribution in [3.63, 3.8) is 0 Å². The zero-order chi connectivity index (χ0) is 13.1. The van der Waals surface area contributed by atoms with Crippen LogP contribution in [-0.4, -0.2) is 37.2 Å². The second kappa shape index (κ2) is 5.74. The highest BCUT2D eigenvalue weighted by Gasteiger charge is 2.28. The van der Waals surface area contributed by atoms with Crippen LogP contribution in [0.15, 0.2) is 0 Å². The predicted octanol–water partition coefficient (Wildman–Crippen LogP) is -0.751. The fourth-order valence-corrected chi connectivity index (χ4v) is 3.17. The van der Waals surface area contributed by atoms with E-state index in [4.69, 9.17) is 5.73 Å². The number of carbonyl (C=O) groups excluding carboxylic acids is 1. The Morgan fingerprint density at radius 3 is 2.53 bits per heavy atom. The van der Waals surface area contributed by atoms with Crippen molar-refractivity contribution < 1.29 is 13.2 Å². The van der Waals surface area contributed by atoms with Crippen LogP contribution < -0.4 is 15.8 Å². The molecule has 0 heterocycles. The van der Waals surface area contributed by atoms with Gasteiger partial charge < -0.3 is 11.1 Å². The summed E-state index contributed by atoms with van der Waals surface area (Å²) in [6.07, 6.45) is 2.21. The minimum atomic E-state index is -3.66. The molecule has 1 amide bonds. The fourth-order valence-electron chi connectivity index (χ4n) is 1.35. The standard InChI is InChI=1S/C9H17N3O3S2/c1-2-7(9(10)16)17(14,15)11-5-8(13)12-6-3-4-6/h6-7,11H,2-5H2,1H3,(H2,10,16)(H,12,13). The van der Waals surface area contributed by atoms with Gasteiger partial charge >= 0.3 is 0 Å². The van der Waals surface area contributed by atoms with Crippen LogP contribution in [0.4, 0.5) is 0 Å². The summed E-state index contributed by atoms with van der Waals surface area (Å²) in [6.45, 7) is 1.41. The van der Waals surface area contributed by atoms with E-state index in [-0.39, 0.29) is 29.9 Å². The Hall–Kier alpha value is -0.730. The van der Waals surface area contributed by atoms with E-state index in [1.807, 2.05) is 0 Å². The number of thiocarbonyl (C=S) groups is 1. The maximum atomic E-state index is 11.8. The first-order chi connectivity index (χ1) is 7.86. The number of carbonyl (C=O) groups is 1. The van der Waals surface area contributed by atoms with Crippen molar-refractivity contribution in [1.82, 2.24) is 10.0 Å². The van der Waals surface area contributed by atoms with Crippen LogP contribution in [0.1, 0.15) is 26.2 Å². The van der Waals surface area contributed by atoms with Crippen LogP contribution >= 0.6 is 12.2 Å². The van der Waals surface area contributed by atoms with Crippen LogP contribution in [-0.2, 0) is 14.8 Å². The minimum Gasteiger partial charge on any atom is -0.392 e. The van der Waals surface area contributed by atoms with Crippen LogP contribution in [0.2, 0.25) is 0 Å². The second-order valence-electron chi connectivity index (χ2n) is 4.01. The second-order valence-corrected chi connectivity index (χ2v) is 6.43. The number of amides is 1. The molecule has 8 heteroatoms. The lowest BCUT2D eigenvalue weighted by Gasteiger charge is -2.14. The molecule has 1 rings (SSSR count). The van der Waals surface area contributed by atoms with Gasteiger partial charge in [0, 0.05) is 6.04 Å². The van der Waals surface area contributed by atoms with E-state index >= 15 is 0 Å². The number of hydrogen-bond donors (Lipinski definition) is 3. The molecular formula is C9H17N3O3S2. The summed E-state index contributed by atoms with van der Waals surface area (Å²) in [5.41, 5.74) is 5.34. The quantitative estimate of drug-likeness (QED) is 0.532. The smallest absolute Gasteiger partial charge is 0.235 e. The number of rotatable bonds is 7. The van der Waals surface area contributed by atoms with Gasteiger partial charge in [0.1, 0.15) is 5.25 Å². The molecule has 1 saturated carbocycles. The average Bonchev–Trinajstić information content (AvgIpc) is 2.99. The van der Waals surface area contributed by atoms with Gasteiger partial charge in [-0.15, -0.1) is 0 Å². The van der Waals surface area contributed by atoms with E-state index in [0.29, 0.717) is 0 Å². The Kier molecular flexibility index (Phi) is 4.84. The van der Waals surface area contributed by atoms with E-state index < -0.39 is 15.3 Å². The number of nitrogens with two attached hydrogens (primary N) is 1. The summed E-state index contributed by atoms with van der Waals surface area (Å²) in [6, 6.07) is 0.213. The number of hydrogen-bond acceptors (Lipinski definition) is 4. The first kappa shape index (κ1) is 14.3. The molecule has 17 heavy (non-hydrogen) atoms. The van der Waals surface area contributed by atoms with Crippen LogP contribution in [0.3, 0.4) is 0 Å². The molecule has 4 N–H and O–H groups in total.